The first-order chi connectivity index (χ1) is 6.93. The molecule has 0 atom stereocenters. The minimum Gasteiger partial charge on any atom is -0.394 e. The van der Waals surface area contributed by atoms with Gasteiger partial charge in [0.05, 0.1) is 13.2 Å². The summed E-state index contributed by atoms with van der Waals surface area (Å²) in [6, 6.07) is 10.3. The van der Waals surface area contributed by atoms with Gasteiger partial charge < -0.3 is 10.5 Å². The third-order valence-corrected chi connectivity index (χ3v) is 1.81. The lowest BCUT2D eigenvalue weighted by Crippen LogP contribution is -2.11. The number of nitrogens with zero attached hydrogens (tertiary/aromatic N) is 1. The van der Waals surface area contributed by atoms with Gasteiger partial charge in [-0.1, -0.05) is 30.3 Å². The molecule has 0 spiro atoms. The van der Waals surface area contributed by atoms with Gasteiger partial charge in [0.2, 0.25) is 0 Å². The molecule has 1 rings (SSSR count). The predicted molar refractivity (Wildman–Crippen MR) is 58.3 cm³/mol. The SMILES string of the molecule is OCCNN=CCCc1ccccc1. The van der Waals surface area contributed by atoms with Crippen molar-refractivity contribution in [2.75, 3.05) is 13.2 Å². The van der Waals surface area contributed by atoms with Crippen molar-refractivity contribution < 1.29 is 5.11 Å². The number of aliphatic hydroxyl groups excluding tert-OH is 1. The molecule has 76 valence electrons. The molecule has 1 aromatic rings. The minimum atomic E-state index is 0.121. The van der Waals surface area contributed by atoms with Crippen molar-refractivity contribution in [1.82, 2.24) is 5.43 Å². The Labute approximate surface area is 84.5 Å². The lowest BCUT2D eigenvalue weighted by molar-refractivity contribution is 0.293. The van der Waals surface area contributed by atoms with Crippen LogP contribution in [0.5, 0.6) is 0 Å². The molecule has 0 aliphatic heterocycles. The topological polar surface area (TPSA) is 44.6 Å². The summed E-state index contributed by atoms with van der Waals surface area (Å²) in [4.78, 5) is 0. The predicted octanol–water partition coefficient (Wildman–Crippen LogP) is 1.19. The molecular weight excluding hydrogens is 176 g/mol. The van der Waals surface area contributed by atoms with Gasteiger partial charge in [-0.15, -0.1) is 0 Å². The zero-order valence-electron chi connectivity index (χ0n) is 8.19. The van der Waals surface area contributed by atoms with Gasteiger partial charge in [-0.05, 0) is 18.4 Å². The van der Waals surface area contributed by atoms with Crippen LogP contribution in [0.15, 0.2) is 35.4 Å². The molecule has 0 unspecified atom stereocenters. The third kappa shape index (κ3) is 4.62. The highest BCUT2D eigenvalue weighted by atomic mass is 16.3. The molecule has 1 aromatic carbocycles. The molecule has 0 radical (unpaired) electrons. The van der Waals surface area contributed by atoms with Crippen molar-refractivity contribution in [3.05, 3.63) is 35.9 Å². The number of aliphatic hydroxyl groups is 1. The van der Waals surface area contributed by atoms with Gasteiger partial charge in [0.25, 0.3) is 0 Å². The number of nitrogens with one attached hydrogen (secondary N) is 1. The molecule has 0 bridgehead atoms. The van der Waals surface area contributed by atoms with Crippen molar-refractivity contribution in [1.29, 1.82) is 0 Å². The standard InChI is InChI=1S/C11H16N2O/c14-10-9-13-12-8-4-7-11-5-2-1-3-6-11/h1-3,5-6,8,13-14H,4,7,9-10H2. The van der Waals surface area contributed by atoms with E-state index in [9.17, 15) is 0 Å². The molecule has 0 fully saturated rings. The Morgan fingerprint density at radius 1 is 1.29 bits per heavy atom. The number of hydrogen-bond donors (Lipinski definition) is 2. The quantitative estimate of drug-likeness (QED) is 0.404. The van der Waals surface area contributed by atoms with Crippen LogP contribution in [0.3, 0.4) is 0 Å². The molecular formula is C11H16N2O. The zero-order valence-corrected chi connectivity index (χ0v) is 8.19. The molecule has 0 saturated heterocycles. The van der Waals surface area contributed by atoms with E-state index in [1.807, 2.05) is 24.4 Å². The highest BCUT2D eigenvalue weighted by molar-refractivity contribution is 5.57. The van der Waals surface area contributed by atoms with Crippen LogP contribution in [0.4, 0.5) is 0 Å². The van der Waals surface area contributed by atoms with E-state index in [2.05, 4.69) is 22.7 Å². The van der Waals surface area contributed by atoms with E-state index in [4.69, 9.17) is 5.11 Å². The Balaban J connectivity index is 2.12. The summed E-state index contributed by atoms with van der Waals surface area (Å²) >= 11 is 0. The van der Waals surface area contributed by atoms with Crippen molar-refractivity contribution in [3.63, 3.8) is 0 Å². The van der Waals surface area contributed by atoms with Crippen molar-refractivity contribution >= 4 is 6.21 Å². The fraction of sp³-hybridized carbons (Fsp3) is 0.364. The van der Waals surface area contributed by atoms with Gasteiger partial charge in [-0.25, -0.2) is 0 Å². The molecule has 3 heteroatoms. The number of rotatable bonds is 6. The van der Waals surface area contributed by atoms with Gasteiger partial charge in [0, 0.05) is 6.21 Å². The summed E-state index contributed by atoms with van der Waals surface area (Å²) in [5.74, 6) is 0. The maximum absolute atomic E-state index is 8.46. The van der Waals surface area contributed by atoms with Crippen LogP contribution in [-0.4, -0.2) is 24.5 Å². The second-order valence-electron chi connectivity index (χ2n) is 2.97. The smallest absolute Gasteiger partial charge is 0.0620 e. The van der Waals surface area contributed by atoms with Crippen LogP contribution >= 0.6 is 0 Å². The summed E-state index contributed by atoms with van der Waals surface area (Å²) in [5.41, 5.74) is 4.06. The normalized spacial score (nSPS) is 10.6. The van der Waals surface area contributed by atoms with Crippen LogP contribution in [0, 0.1) is 0 Å². The van der Waals surface area contributed by atoms with Gasteiger partial charge in [0.1, 0.15) is 0 Å². The lowest BCUT2D eigenvalue weighted by Gasteiger charge is -1.97. The van der Waals surface area contributed by atoms with E-state index in [-0.39, 0.29) is 6.61 Å². The van der Waals surface area contributed by atoms with Crippen LogP contribution in [-0.2, 0) is 6.42 Å². The second-order valence-corrected chi connectivity index (χ2v) is 2.97. The second kappa shape index (κ2) is 7.09. The number of benzene rings is 1. The van der Waals surface area contributed by atoms with Gasteiger partial charge in [-0.3, -0.25) is 0 Å². The third-order valence-electron chi connectivity index (χ3n) is 1.81. The van der Waals surface area contributed by atoms with Crippen molar-refractivity contribution in [3.8, 4) is 0 Å². The lowest BCUT2D eigenvalue weighted by atomic mass is 10.1. The molecule has 0 aromatic heterocycles. The van der Waals surface area contributed by atoms with E-state index in [0.29, 0.717) is 6.54 Å². The zero-order chi connectivity index (χ0) is 10.1. The van der Waals surface area contributed by atoms with Crippen LogP contribution < -0.4 is 5.43 Å². The van der Waals surface area contributed by atoms with Crippen LogP contribution in [0.1, 0.15) is 12.0 Å². The summed E-state index contributed by atoms with van der Waals surface area (Å²) < 4.78 is 0. The van der Waals surface area contributed by atoms with Gasteiger partial charge >= 0.3 is 0 Å². The summed E-state index contributed by atoms with van der Waals surface area (Å²) in [5, 5.41) is 12.4. The van der Waals surface area contributed by atoms with E-state index in [0.717, 1.165) is 12.8 Å². The average Bonchev–Trinajstić information content (AvgIpc) is 2.25. The number of hydrazone groups is 1. The van der Waals surface area contributed by atoms with Gasteiger partial charge in [-0.2, -0.15) is 5.10 Å². The Morgan fingerprint density at radius 2 is 2.07 bits per heavy atom. The Bertz CT molecular complexity index is 259. The fourth-order valence-corrected chi connectivity index (χ4v) is 1.12. The Hall–Kier alpha value is -1.35. The van der Waals surface area contributed by atoms with E-state index >= 15 is 0 Å². The maximum Gasteiger partial charge on any atom is 0.0620 e. The molecule has 0 aliphatic carbocycles. The largest absolute Gasteiger partial charge is 0.394 e. The first-order valence-electron chi connectivity index (χ1n) is 4.82. The monoisotopic (exact) mass is 192 g/mol. The molecule has 3 nitrogen and oxygen atoms in total. The van der Waals surface area contributed by atoms with Crippen molar-refractivity contribution in [2.24, 2.45) is 5.10 Å². The molecule has 0 saturated carbocycles. The van der Waals surface area contributed by atoms with E-state index in [1.165, 1.54) is 5.56 Å². The highest BCUT2D eigenvalue weighted by Crippen LogP contribution is 2.00. The average molecular weight is 192 g/mol. The van der Waals surface area contributed by atoms with Gasteiger partial charge in [0.15, 0.2) is 0 Å². The summed E-state index contributed by atoms with van der Waals surface area (Å²) in [6.07, 6.45) is 3.76. The van der Waals surface area contributed by atoms with Crippen LogP contribution in [0.25, 0.3) is 0 Å². The molecule has 0 amide bonds. The maximum atomic E-state index is 8.46. The number of hydrogen-bond acceptors (Lipinski definition) is 3. The van der Waals surface area contributed by atoms with E-state index < -0.39 is 0 Å². The summed E-state index contributed by atoms with van der Waals surface area (Å²) in [7, 11) is 0. The van der Waals surface area contributed by atoms with E-state index in [1.54, 1.807) is 0 Å². The molecule has 0 heterocycles. The minimum absolute atomic E-state index is 0.121. The molecule has 2 N–H and O–H groups in total. The molecule has 14 heavy (non-hydrogen) atoms. The van der Waals surface area contributed by atoms with Crippen LogP contribution in [0.2, 0.25) is 0 Å². The fourth-order valence-electron chi connectivity index (χ4n) is 1.12. The van der Waals surface area contributed by atoms with Crippen molar-refractivity contribution in [2.45, 2.75) is 12.8 Å². The molecule has 0 aliphatic rings. The number of aryl methyl sites for hydroxylation is 1. The highest BCUT2D eigenvalue weighted by Gasteiger charge is 1.87. The first kappa shape index (κ1) is 10.7. The summed E-state index contributed by atoms with van der Waals surface area (Å²) in [6.45, 7) is 0.637. The Kier molecular flexibility index (Phi) is 5.43. The first-order valence-corrected chi connectivity index (χ1v) is 4.82. The Morgan fingerprint density at radius 3 is 2.79 bits per heavy atom.